The Bertz CT molecular complexity index is 1970. The zero-order chi connectivity index (χ0) is 34.4. The minimum atomic E-state index is -0.671. The van der Waals surface area contributed by atoms with Crippen molar-refractivity contribution in [3.8, 4) is 5.75 Å². The Kier molecular flexibility index (Phi) is 8.42. The molecule has 10 heteroatoms. The Balaban J connectivity index is 1.17. The Morgan fingerprint density at radius 2 is 1.51 bits per heavy atom. The van der Waals surface area contributed by atoms with E-state index in [-0.39, 0.29) is 43.0 Å². The molecule has 248 valence electrons. The predicted molar refractivity (Wildman–Crippen MR) is 184 cm³/mol. The molecular formula is C39H36N4O6. The molecule has 0 radical (unpaired) electrons. The van der Waals surface area contributed by atoms with Crippen LogP contribution in [0.4, 0.5) is 22.7 Å². The van der Waals surface area contributed by atoms with E-state index < -0.39 is 23.7 Å². The van der Waals surface area contributed by atoms with E-state index in [4.69, 9.17) is 9.84 Å². The number of anilines is 2. The van der Waals surface area contributed by atoms with Gasteiger partial charge in [-0.2, -0.15) is 10.2 Å². The highest BCUT2D eigenvalue weighted by Crippen LogP contribution is 2.55. The number of imide groups is 1. The fourth-order valence-electron chi connectivity index (χ4n) is 7.54. The second kappa shape index (κ2) is 12.9. The van der Waals surface area contributed by atoms with Crippen LogP contribution in [0.5, 0.6) is 5.75 Å². The molecule has 1 fully saturated rings. The summed E-state index contributed by atoms with van der Waals surface area (Å²) in [6.07, 6.45) is 3.97. The molecular weight excluding hydrogens is 620 g/mol. The molecule has 1 N–H and O–H groups in total. The smallest absolute Gasteiger partial charge is 0.238 e. The number of amides is 2. The molecule has 1 saturated heterocycles. The number of azo groups is 1. The molecule has 0 saturated carbocycles. The van der Waals surface area contributed by atoms with E-state index in [9.17, 15) is 19.2 Å². The number of ketones is 2. The number of hydrogen-bond acceptors (Lipinski definition) is 9. The summed E-state index contributed by atoms with van der Waals surface area (Å²) in [6.45, 7) is 1.67. The number of aliphatic hydroxyl groups excluding tert-OH is 1. The van der Waals surface area contributed by atoms with Crippen LogP contribution in [0.3, 0.4) is 0 Å². The van der Waals surface area contributed by atoms with Gasteiger partial charge in [0.05, 0.1) is 35.5 Å². The minimum absolute atomic E-state index is 0.120. The van der Waals surface area contributed by atoms with Crippen LogP contribution in [0.15, 0.2) is 117 Å². The summed E-state index contributed by atoms with van der Waals surface area (Å²) in [5.74, 6) is -2.64. The number of hydrogen-bond donors (Lipinski definition) is 1. The van der Waals surface area contributed by atoms with Crippen LogP contribution < -0.4 is 14.5 Å². The molecule has 3 aromatic carbocycles. The quantitative estimate of drug-likeness (QED) is 0.133. The monoisotopic (exact) mass is 656 g/mol. The second-order valence-electron chi connectivity index (χ2n) is 13.0. The van der Waals surface area contributed by atoms with Crippen molar-refractivity contribution in [2.24, 2.45) is 28.0 Å². The summed E-state index contributed by atoms with van der Waals surface area (Å²) in [6, 6.07) is 21.8. The lowest BCUT2D eigenvalue weighted by Crippen LogP contribution is -2.39. The maximum atomic E-state index is 14.3. The fourth-order valence-corrected chi connectivity index (χ4v) is 7.54. The molecule has 2 amide bonds. The average molecular weight is 657 g/mol. The normalized spacial score (nSPS) is 23.3. The van der Waals surface area contributed by atoms with Crippen molar-refractivity contribution >= 4 is 46.1 Å². The van der Waals surface area contributed by atoms with E-state index in [1.807, 2.05) is 61.5 Å². The molecule has 4 unspecified atom stereocenters. The molecule has 10 nitrogen and oxygen atoms in total. The number of Topliss-reactive ketones (excluding diaryl/α,β-unsaturated/α-hetero) is 1. The summed E-state index contributed by atoms with van der Waals surface area (Å²) in [4.78, 5) is 58.5. The topological polar surface area (TPSA) is 129 Å². The lowest BCUT2D eigenvalue weighted by Gasteiger charge is -2.42. The van der Waals surface area contributed by atoms with Gasteiger partial charge in [0.1, 0.15) is 12.4 Å². The van der Waals surface area contributed by atoms with Gasteiger partial charge in [-0.25, -0.2) is 0 Å². The van der Waals surface area contributed by atoms with Gasteiger partial charge in [0.25, 0.3) is 0 Å². The number of carbonyl (C=O) groups is 4. The molecule has 0 spiro atoms. The molecule has 3 aromatic rings. The van der Waals surface area contributed by atoms with Crippen LogP contribution in [0.2, 0.25) is 0 Å². The third-order valence-electron chi connectivity index (χ3n) is 9.89. The Hall–Kier alpha value is -5.48. The van der Waals surface area contributed by atoms with Gasteiger partial charge in [0.15, 0.2) is 11.6 Å². The van der Waals surface area contributed by atoms with Crippen molar-refractivity contribution in [2.75, 3.05) is 37.1 Å². The van der Waals surface area contributed by atoms with Crippen LogP contribution in [0.1, 0.15) is 31.2 Å². The zero-order valence-corrected chi connectivity index (χ0v) is 27.5. The number of benzene rings is 3. The van der Waals surface area contributed by atoms with Crippen molar-refractivity contribution in [3.63, 3.8) is 0 Å². The number of ether oxygens (including phenoxy) is 1. The largest absolute Gasteiger partial charge is 0.491 e. The first kappa shape index (κ1) is 32.1. The van der Waals surface area contributed by atoms with Gasteiger partial charge in [-0.3, -0.25) is 24.1 Å². The molecule has 0 aromatic heterocycles. The lowest BCUT2D eigenvalue weighted by atomic mass is 9.59. The molecule has 0 bridgehead atoms. The van der Waals surface area contributed by atoms with Gasteiger partial charge in [0, 0.05) is 42.4 Å². The maximum Gasteiger partial charge on any atom is 0.238 e. The predicted octanol–water partition coefficient (Wildman–Crippen LogP) is 6.17. The highest BCUT2D eigenvalue weighted by Gasteiger charge is 2.56. The third-order valence-corrected chi connectivity index (χ3v) is 9.89. The molecule has 1 heterocycles. The van der Waals surface area contributed by atoms with E-state index in [0.29, 0.717) is 46.0 Å². The van der Waals surface area contributed by atoms with E-state index in [2.05, 4.69) is 10.2 Å². The number of carbonyl (C=O) groups excluding carboxylic acids is 4. The molecule has 4 atom stereocenters. The first-order valence-electron chi connectivity index (χ1n) is 16.4. The van der Waals surface area contributed by atoms with Gasteiger partial charge < -0.3 is 14.7 Å². The number of nitrogens with zero attached hydrogens (tertiary/aromatic N) is 4. The van der Waals surface area contributed by atoms with Gasteiger partial charge in [-0.15, -0.1) is 0 Å². The molecule has 3 aliphatic carbocycles. The van der Waals surface area contributed by atoms with Crippen molar-refractivity contribution < 1.29 is 29.0 Å². The van der Waals surface area contributed by atoms with Crippen LogP contribution in [-0.2, 0) is 19.2 Å². The van der Waals surface area contributed by atoms with Crippen LogP contribution >= 0.6 is 0 Å². The van der Waals surface area contributed by atoms with Crippen LogP contribution in [-0.4, -0.2) is 55.8 Å². The summed E-state index contributed by atoms with van der Waals surface area (Å²) < 4.78 is 5.54. The Morgan fingerprint density at radius 1 is 0.857 bits per heavy atom. The fraction of sp³-hybridized carbons (Fsp3) is 0.282. The van der Waals surface area contributed by atoms with Crippen LogP contribution in [0, 0.1) is 17.8 Å². The number of allylic oxidation sites excluding steroid dienone is 6. The van der Waals surface area contributed by atoms with E-state index in [1.165, 1.54) is 11.0 Å². The summed E-state index contributed by atoms with van der Waals surface area (Å²) in [5, 5.41) is 17.8. The molecule has 7 rings (SSSR count). The summed E-state index contributed by atoms with van der Waals surface area (Å²) in [7, 11) is 3.93. The van der Waals surface area contributed by atoms with Crippen molar-refractivity contribution in [1.82, 2.24) is 0 Å². The van der Waals surface area contributed by atoms with Gasteiger partial charge >= 0.3 is 0 Å². The van der Waals surface area contributed by atoms with Crippen molar-refractivity contribution in [3.05, 3.63) is 113 Å². The SMILES string of the molecule is CC1=CC(=O)C2=C(CC3C(=CCC4C(=O)N(c5ccc(N=Nc6ccc(N(C)C)cc6)cc5)C(=O)C43)C2c2ccc(OCCO)cc2)C1=O. The maximum absolute atomic E-state index is 14.3. The number of aliphatic hydroxyl groups is 1. The molecule has 4 aliphatic rings. The van der Waals surface area contributed by atoms with Gasteiger partial charge in [-0.1, -0.05) is 23.8 Å². The van der Waals surface area contributed by atoms with E-state index in [0.717, 1.165) is 16.8 Å². The lowest BCUT2D eigenvalue weighted by molar-refractivity contribution is -0.123. The van der Waals surface area contributed by atoms with Gasteiger partial charge in [0.2, 0.25) is 11.8 Å². The second-order valence-corrected chi connectivity index (χ2v) is 13.0. The minimum Gasteiger partial charge on any atom is -0.491 e. The third kappa shape index (κ3) is 5.72. The average Bonchev–Trinajstić information content (AvgIpc) is 3.37. The molecule has 1 aliphatic heterocycles. The highest BCUT2D eigenvalue weighted by atomic mass is 16.5. The van der Waals surface area contributed by atoms with Crippen LogP contribution in [0.25, 0.3) is 0 Å². The van der Waals surface area contributed by atoms with Crippen molar-refractivity contribution in [2.45, 2.75) is 25.7 Å². The van der Waals surface area contributed by atoms with E-state index >= 15 is 0 Å². The number of rotatable bonds is 8. The first-order valence-corrected chi connectivity index (χ1v) is 16.4. The summed E-state index contributed by atoms with van der Waals surface area (Å²) in [5.41, 5.74) is 5.68. The molecule has 49 heavy (non-hydrogen) atoms. The van der Waals surface area contributed by atoms with Crippen molar-refractivity contribution in [1.29, 1.82) is 0 Å². The Labute approximate surface area is 284 Å². The van der Waals surface area contributed by atoms with Gasteiger partial charge in [-0.05, 0) is 98.0 Å². The van der Waals surface area contributed by atoms with E-state index in [1.54, 1.807) is 43.3 Å². The highest BCUT2D eigenvalue weighted by molar-refractivity contribution is 6.25. The zero-order valence-electron chi connectivity index (χ0n) is 27.5. The first-order chi connectivity index (χ1) is 23.7. The summed E-state index contributed by atoms with van der Waals surface area (Å²) >= 11 is 0. The Morgan fingerprint density at radius 3 is 2.14 bits per heavy atom. The standard InChI is InChI=1S/C39H36N4O6/c1-22-20-33(45)36-32(37(22)46)21-31-29(34(36)23-4-14-28(15-5-23)49-19-18-44)16-17-30-35(31)39(48)43(38(30)47)27-12-8-25(9-13-27)41-40-24-6-10-26(11-7-24)42(2)3/h4-16,20,30-31,34-35,44H,17-19,21H2,1-3H3. The number of fused-ring (bicyclic) bond motifs is 3.